The van der Waals surface area contributed by atoms with Crippen molar-refractivity contribution < 1.29 is 18.7 Å². The van der Waals surface area contributed by atoms with Gasteiger partial charge < -0.3 is 14.2 Å². The molecule has 1 aromatic heterocycles. The summed E-state index contributed by atoms with van der Waals surface area (Å²) in [6, 6.07) is 7.81. The molecule has 0 saturated carbocycles. The van der Waals surface area contributed by atoms with Crippen LogP contribution in [-0.4, -0.2) is 41.4 Å². The number of ketones is 1. The van der Waals surface area contributed by atoms with Crippen molar-refractivity contribution in [2.45, 2.75) is 39.3 Å². The van der Waals surface area contributed by atoms with Gasteiger partial charge in [0.05, 0.1) is 11.8 Å². The fourth-order valence-electron chi connectivity index (χ4n) is 3.41. The molecule has 1 aliphatic rings. The summed E-state index contributed by atoms with van der Waals surface area (Å²) in [6.07, 6.45) is 2.87. The number of benzene rings is 1. The molecule has 0 bridgehead atoms. The highest BCUT2D eigenvalue weighted by atomic mass is 19.1. The van der Waals surface area contributed by atoms with Gasteiger partial charge in [0, 0.05) is 32.4 Å². The number of nitrogens with zero attached hydrogens (tertiary/aromatic N) is 2. The molecule has 1 heterocycles. The average molecular weight is 384 g/mol. The number of halogens is 1. The van der Waals surface area contributed by atoms with Crippen molar-refractivity contribution >= 4 is 11.8 Å². The van der Waals surface area contributed by atoms with Gasteiger partial charge in [0.15, 0.2) is 0 Å². The van der Waals surface area contributed by atoms with E-state index >= 15 is 0 Å². The van der Waals surface area contributed by atoms with Gasteiger partial charge in [-0.25, -0.2) is 9.18 Å². The molecule has 0 unspecified atom stereocenters. The molecule has 0 aliphatic heterocycles. The number of carbonyl (C=O) groups excluding carboxylic acids is 2. The first-order valence-electron chi connectivity index (χ1n) is 9.36. The summed E-state index contributed by atoms with van der Waals surface area (Å²) < 4.78 is 20.4. The monoisotopic (exact) mass is 384 g/mol. The van der Waals surface area contributed by atoms with Crippen LogP contribution in [0.3, 0.4) is 0 Å². The van der Waals surface area contributed by atoms with E-state index in [2.05, 4.69) is 0 Å². The lowest BCUT2D eigenvalue weighted by molar-refractivity contribution is 0.0365. The van der Waals surface area contributed by atoms with Crippen LogP contribution >= 0.6 is 0 Å². The van der Waals surface area contributed by atoms with Gasteiger partial charge in [-0.1, -0.05) is 12.1 Å². The molecular weight excluding hydrogens is 359 g/mol. The van der Waals surface area contributed by atoms with Gasteiger partial charge >= 0.3 is 5.97 Å². The lowest BCUT2D eigenvalue weighted by Crippen LogP contribution is -2.23. The summed E-state index contributed by atoms with van der Waals surface area (Å²) in [5.41, 5.74) is 3.22. The van der Waals surface area contributed by atoms with E-state index in [1.165, 1.54) is 12.1 Å². The molecule has 1 aliphatic carbocycles. The number of hydrogen-bond donors (Lipinski definition) is 0. The van der Waals surface area contributed by atoms with E-state index < -0.39 is 5.97 Å². The molecule has 3 rings (SSSR count). The maximum absolute atomic E-state index is 13.3. The molecule has 0 N–H and O–H groups in total. The Labute approximate surface area is 164 Å². The number of hydrogen-bond acceptors (Lipinski definition) is 4. The van der Waals surface area contributed by atoms with Crippen LogP contribution in [0.5, 0.6) is 0 Å². The number of esters is 1. The van der Waals surface area contributed by atoms with E-state index in [1.54, 1.807) is 36.6 Å². The highest BCUT2D eigenvalue weighted by Gasteiger charge is 2.30. The number of ether oxygens (including phenoxy) is 1. The van der Waals surface area contributed by atoms with Crippen LogP contribution in [0.25, 0.3) is 0 Å². The molecule has 148 valence electrons. The molecular formula is C22H25FN2O3. The summed E-state index contributed by atoms with van der Waals surface area (Å²) in [7, 11) is 3.75. The second-order valence-electron chi connectivity index (χ2n) is 7.52. The molecule has 0 fully saturated rings. The molecule has 0 spiro atoms. The third-order valence-corrected chi connectivity index (χ3v) is 4.57. The van der Waals surface area contributed by atoms with Crippen molar-refractivity contribution in [2.24, 2.45) is 0 Å². The minimum atomic E-state index is -0.461. The fourth-order valence-corrected chi connectivity index (χ4v) is 3.41. The van der Waals surface area contributed by atoms with E-state index in [9.17, 15) is 14.0 Å². The zero-order chi connectivity index (χ0) is 20.4. The van der Waals surface area contributed by atoms with Crippen molar-refractivity contribution in [3.8, 4) is 0 Å². The van der Waals surface area contributed by atoms with Crippen molar-refractivity contribution in [3.05, 3.63) is 70.4 Å². The van der Waals surface area contributed by atoms with Gasteiger partial charge in [-0.15, -0.1) is 0 Å². The Balaban J connectivity index is 2.08. The predicted octanol–water partition coefficient (Wildman–Crippen LogP) is 3.82. The number of carbonyl (C=O) groups is 2. The van der Waals surface area contributed by atoms with Gasteiger partial charge in [0.25, 0.3) is 0 Å². The third kappa shape index (κ3) is 4.16. The lowest BCUT2D eigenvalue weighted by atomic mass is 9.92. The summed E-state index contributed by atoms with van der Waals surface area (Å²) in [6.45, 7) is 3.86. The van der Waals surface area contributed by atoms with Crippen molar-refractivity contribution in [1.82, 2.24) is 9.47 Å². The van der Waals surface area contributed by atoms with E-state index in [1.807, 2.05) is 25.2 Å². The van der Waals surface area contributed by atoms with Crippen LogP contribution in [0.1, 0.15) is 52.4 Å². The molecule has 28 heavy (non-hydrogen) atoms. The molecule has 6 heteroatoms. The number of allylic oxidation sites excluding steroid dienone is 1. The standard InChI is InChI=1S/C22H25FN2O3/c1-14(2)28-22(27)19-11-16-7-8-17(13-24(3)4)21(26)20(16)25(19)12-15-5-9-18(23)10-6-15/h5-6,9-11,13-14H,7-8,12H2,1-4H3. The minimum absolute atomic E-state index is 0.0827. The first kappa shape index (κ1) is 19.9. The lowest BCUT2D eigenvalue weighted by Gasteiger charge is -2.20. The smallest absolute Gasteiger partial charge is 0.355 e. The normalized spacial score (nSPS) is 15.1. The first-order chi connectivity index (χ1) is 13.3. The molecule has 5 nitrogen and oxygen atoms in total. The maximum Gasteiger partial charge on any atom is 0.355 e. The van der Waals surface area contributed by atoms with Gasteiger partial charge in [0.1, 0.15) is 11.5 Å². The molecule has 1 aromatic carbocycles. The first-order valence-corrected chi connectivity index (χ1v) is 9.36. The van der Waals surface area contributed by atoms with Gasteiger partial charge in [0.2, 0.25) is 5.78 Å². The molecule has 0 saturated heterocycles. The van der Waals surface area contributed by atoms with E-state index in [4.69, 9.17) is 4.74 Å². The Kier molecular flexibility index (Phi) is 5.68. The summed E-state index contributed by atoms with van der Waals surface area (Å²) in [4.78, 5) is 27.7. The van der Waals surface area contributed by atoms with Gasteiger partial charge in [-0.05, 0) is 56.0 Å². The second-order valence-corrected chi connectivity index (χ2v) is 7.52. The van der Waals surface area contributed by atoms with Crippen LogP contribution in [0.4, 0.5) is 4.39 Å². The number of aromatic nitrogens is 1. The Bertz CT molecular complexity index is 924. The number of Topliss-reactive ketones (excluding diaryl/α,β-unsaturated/α-hetero) is 1. The van der Waals surface area contributed by atoms with E-state index in [-0.39, 0.29) is 17.7 Å². The van der Waals surface area contributed by atoms with Crippen molar-refractivity contribution in [1.29, 1.82) is 0 Å². The summed E-state index contributed by atoms with van der Waals surface area (Å²) in [5, 5.41) is 0. The number of fused-ring (bicyclic) bond motifs is 1. The second kappa shape index (κ2) is 8.00. The minimum Gasteiger partial charge on any atom is -0.458 e. The van der Waals surface area contributed by atoms with Crippen molar-refractivity contribution in [3.63, 3.8) is 0 Å². The van der Waals surface area contributed by atoms with Crippen LogP contribution in [0.2, 0.25) is 0 Å². The quantitative estimate of drug-likeness (QED) is 0.581. The Morgan fingerprint density at radius 2 is 1.93 bits per heavy atom. The Morgan fingerprint density at radius 3 is 2.54 bits per heavy atom. The Morgan fingerprint density at radius 1 is 1.25 bits per heavy atom. The van der Waals surface area contributed by atoms with Crippen LogP contribution in [0, 0.1) is 5.82 Å². The number of aryl methyl sites for hydroxylation is 1. The van der Waals surface area contributed by atoms with E-state index in [0.29, 0.717) is 36.3 Å². The maximum atomic E-state index is 13.3. The van der Waals surface area contributed by atoms with E-state index in [0.717, 1.165) is 11.1 Å². The summed E-state index contributed by atoms with van der Waals surface area (Å²) in [5.74, 6) is -0.872. The fraction of sp³-hybridized carbons (Fsp3) is 0.364. The highest BCUT2D eigenvalue weighted by Crippen LogP contribution is 2.30. The van der Waals surface area contributed by atoms with Crippen molar-refractivity contribution in [2.75, 3.05) is 14.1 Å². The molecule has 0 atom stereocenters. The topological polar surface area (TPSA) is 51.5 Å². The summed E-state index contributed by atoms with van der Waals surface area (Å²) >= 11 is 0. The van der Waals surface area contributed by atoms with Crippen LogP contribution in [-0.2, 0) is 17.7 Å². The van der Waals surface area contributed by atoms with Crippen LogP contribution in [0.15, 0.2) is 42.1 Å². The van der Waals surface area contributed by atoms with Crippen LogP contribution < -0.4 is 0 Å². The SMILES string of the molecule is CC(C)OC(=O)c1cc2c(n1Cc1ccc(F)cc1)C(=O)C(=CN(C)C)CC2. The molecule has 2 aromatic rings. The largest absolute Gasteiger partial charge is 0.458 e. The predicted molar refractivity (Wildman–Crippen MR) is 105 cm³/mol. The van der Waals surface area contributed by atoms with Gasteiger partial charge in [-0.3, -0.25) is 4.79 Å². The zero-order valence-electron chi connectivity index (χ0n) is 16.7. The zero-order valence-corrected chi connectivity index (χ0v) is 16.7. The Hall–Kier alpha value is -2.89. The molecule has 0 amide bonds. The number of rotatable bonds is 5. The highest BCUT2D eigenvalue weighted by molar-refractivity contribution is 6.10. The molecule has 0 radical (unpaired) electrons. The average Bonchev–Trinajstić information content (AvgIpc) is 2.98. The third-order valence-electron chi connectivity index (χ3n) is 4.57. The van der Waals surface area contributed by atoms with Gasteiger partial charge in [-0.2, -0.15) is 0 Å².